The van der Waals surface area contributed by atoms with Gasteiger partial charge in [0, 0.05) is 26.2 Å². The topological polar surface area (TPSA) is 39.1 Å². The molecule has 1 aliphatic rings. The fourth-order valence-corrected chi connectivity index (χ4v) is 2.33. The quantitative estimate of drug-likeness (QED) is 0.898. The highest BCUT2D eigenvalue weighted by atomic mass is 35.5. The van der Waals surface area contributed by atoms with Gasteiger partial charge in [0.25, 0.3) is 0 Å². The average molecular weight is 342 g/mol. The maximum absolute atomic E-state index is 13.3. The number of benzene rings is 1. The summed E-state index contributed by atoms with van der Waals surface area (Å²) in [6, 6.07) is 6.00. The molecule has 2 rings (SSSR count). The molecule has 8 heteroatoms. The number of halogens is 5. The van der Waals surface area contributed by atoms with Gasteiger partial charge in [0.05, 0.1) is 11.6 Å². The third kappa shape index (κ3) is 5.04. The van der Waals surface area contributed by atoms with E-state index in [4.69, 9.17) is 5.26 Å². The van der Waals surface area contributed by atoms with Gasteiger partial charge in [0.1, 0.15) is 6.04 Å². The number of hydrogen-bond acceptors (Lipinski definition) is 3. The number of alkyl halides is 3. The van der Waals surface area contributed by atoms with Gasteiger partial charge in [-0.05, 0) is 17.7 Å². The van der Waals surface area contributed by atoms with Gasteiger partial charge in [-0.1, -0.05) is 12.1 Å². The second-order valence-electron chi connectivity index (χ2n) is 4.47. The van der Waals surface area contributed by atoms with Crippen LogP contribution in [0.4, 0.5) is 13.2 Å². The van der Waals surface area contributed by atoms with Crippen LogP contribution in [0.1, 0.15) is 17.2 Å². The fourth-order valence-electron chi connectivity index (χ4n) is 2.33. The Balaban J connectivity index is 0.00000200. The molecular formula is C13H16Cl2F3N3. The van der Waals surface area contributed by atoms with Crippen molar-refractivity contribution in [2.75, 3.05) is 26.2 Å². The molecular weight excluding hydrogens is 326 g/mol. The van der Waals surface area contributed by atoms with Gasteiger partial charge < -0.3 is 5.32 Å². The molecule has 118 valence electrons. The van der Waals surface area contributed by atoms with E-state index in [0.29, 0.717) is 26.2 Å². The van der Waals surface area contributed by atoms with Gasteiger partial charge in [-0.3, -0.25) is 4.90 Å². The summed E-state index contributed by atoms with van der Waals surface area (Å²) >= 11 is 0. The van der Waals surface area contributed by atoms with Crippen LogP contribution in [0.25, 0.3) is 0 Å². The molecule has 1 aliphatic heterocycles. The number of nitriles is 1. The summed E-state index contributed by atoms with van der Waals surface area (Å²) in [4.78, 5) is 1.41. The van der Waals surface area contributed by atoms with Gasteiger partial charge in [-0.25, -0.2) is 0 Å². The lowest BCUT2D eigenvalue weighted by Crippen LogP contribution is -2.49. The largest absolute Gasteiger partial charge is 0.408 e. The van der Waals surface area contributed by atoms with Gasteiger partial charge >= 0.3 is 6.18 Å². The Morgan fingerprint density at radius 3 is 2.33 bits per heavy atom. The second kappa shape index (κ2) is 8.44. The molecule has 0 aliphatic carbocycles. The standard InChI is InChI=1S/C13H14F3N3.2ClH/c14-13(15,16)12(19-6-4-18-5-7-19)11-3-1-2-10(8-11)9-17;;/h1-3,8,12,18H,4-7H2;2*1H/t12-;;/m1../s1. The second-order valence-corrected chi connectivity index (χ2v) is 4.47. The van der Waals surface area contributed by atoms with Crippen LogP contribution in [0.3, 0.4) is 0 Å². The summed E-state index contributed by atoms with van der Waals surface area (Å²) in [6.07, 6.45) is -4.34. The molecule has 1 atom stereocenters. The Kier molecular flexibility index (Phi) is 8.04. The van der Waals surface area contributed by atoms with Crippen molar-refractivity contribution in [1.82, 2.24) is 10.2 Å². The maximum atomic E-state index is 13.3. The molecule has 1 heterocycles. The maximum Gasteiger partial charge on any atom is 0.408 e. The summed E-state index contributed by atoms with van der Waals surface area (Å²) in [7, 11) is 0. The Labute approximate surface area is 133 Å². The minimum absolute atomic E-state index is 0. The van der Waals surface area contributed by atoms with E-state index in [1.807, 2.05) is 6.07 Å². The molecule has 1 aromatic rings. The fraction of sp³-hybridized carbons (Fsp3) is 0.462. The van der Waals surface area contributed by atoms with E-state index in [2.05, 4.69) is 5.32 Å². The van der Waals surface area contributed by atoms with Crippen LogP contribution >= 0.6 is 24.8 Å². The lowest BCUT2D eigenvalue weighted by molar-refractivity contribution is -0.187. The molecule has 0 radical (unpaired) electrons. The predicted molar refractivity (Wildman–Crippen MR) is 78.9 cm³/mol. The van der Waals surface area contributed by atoms with E-state index in [1.165, 1.54) is 29.2 Å². The summed E-state index contributed by atoms with van der Waals surface area (Å²) in [5.74, 6) is 0. The first-order valence-electron chi connectivity index (χ1n) is 6.04. The van der Waals surface area contributed by atoms with Crippen molar-refractivity contribution in [2.45, 2.75) is 12.2 Å². The van der Waals surface area contributed by atoms with Crippen LogP contribution in [0, 0.1) is 11.3 Å². The minimum atomic E-state index is -4.34. The molecule has 0 bridgehead atoms. The van der Waals surface area contributed by atoms with Crippen LogP contribution in [0.2, 0.25) is 0 Å². The average Bonchev–Trinajstić information content (AvgIpc) is 2.39. The highest BCUT2D eigenvalue weighted by molar-refractivity contribution is 5.85. The number of nitrogens with one attached hydrogen (secondary N) is 1. The number of hydrogen-bond donors (Lipinski definition) is 1. The third-order valence-electron chi connectivity index (χ3n) is 3.16. The van der Waals surface area contributed by atoms with Crippen LogP contribution in [-0.2, 0) is 0 Å². The smallest absolute Gasteiger partial charge is 0.314 e. The van der Waals surface area contributed by atoms with Crippen molar-refractivity contribution in [2.24, 2.45) is 0 Å². The summed E-state index contributed by atoms with van der Waals surface area (Å²) in [5.41, 5.74) is 0.385. The molecule has 1 saturated heterocycles. The molecule has 0 amide bonds. The van der Waals surface area contributed by atoms with Crippen molar-refractivity contribution in [3.63, 3.8) is 0 Å². The van der Waals surface area contributed by atoms with Crippen molar-refractivity contribution in [1.29, 1.82) is 5.26 Å². The third-order valence-corrected chi connectivity index (χ3v) is 3.16. The summed E-state index contributed by atoms with van der Waals surface area (Å²) in [5, 5.41) is 11.8. The Morgan fingerprint density at radius 1 is 1.19 bits per heavy atom. The van der Waals surface area contributed by atoms with E-state index in [9.17, 15) is 13.2 Å². The molecule has 1 aromatic carbocycles. The molecule has 21 heavy (non-hydrogen) atoms. The Hall–Kier alpha value is -1.00. The van der Waals surface area contributed by atoms with E-state index in [1.54, 1.807) is 0 Å². The first-order valence-corrected chi connectivity index (χ1v) is 6.04. The first-order chi connectivity index (χ1) is 9.02. The summed E-state index contributed by atoms with van der Waals surface area (Å²) < 4.78 is 39.8. The minimum Gasteiger partial charge on any atom is -0.314 e. The number of rotatable bonds is 2. The highest BCUT2D eigenvalue weighted by Crippen LogP contribution is 2.37. The van der Waals surface area contributed by atoms with Crippen molar-refractivity contribution in [3.05, 3.63) is 35.4 Å². The van der Waals surface area contributed by atoms with Gasteiger partial charge in [-0.15, -0.1) is 24.8 Å². The van der Waals surface area contributed by atoms with Gasteiger partial charge in [0.2, 0.25) is 0 Å². The van der Waals surface area contributed by atoms with Crippen LogP contribution in [0.15, 0.2) is 24.3 Å². The van der Waals surface area contributed by atoms with E-state index < -0.39 is 12.2 Å². The monoisotopic (exact) mass is 341 g/mol. The number of piperazine rings is 1. The lowest BCUT2D eigenvalue weighted by Gasteiger charge is -2.36. The number of nitrogens with zero attached hydrogens (tertiary/aromatic N) is 2. The SMILES string of the molecule is Cl.Cl.N#Cc1cccc([C@@H](N2CCNCC2)C(F)(F)F)c1. The van der Waals surface area contributed by atoms with Crippen LogP contribution in [0.5, 0.6) is 0 Å². The lowest BCUT2D eigenvalue weighted by atomic mass is 10.0. The van der Waals surface area contributed by atoms with E-state index >= 15 is 0 Å². The van der Waals surface area contributed by atoms with Crippen LogP contribution in [-0.4, -0.2) is 37.3 Å². The van der Waals surface area contributed by atoms with Gasteiger partial charge in [-0.2, -0.15) is 18.4 Å². The van der Waals surface area contributed by atoms with Crippen molar-refractivity contribution < 1.29 is 13.2 Å². The van der Waals surface area contributed by atoms with E-state index in [-0.39, 0.29) is 35.9 Å². The zero-order chi connectivity index (χ0) is 13.9. The Bertz CT molecular complexity index is 482. The zero-order valence-corrected chi connectivity index (χ0v) is 12.7. The zero-order valence-electron chi connectivity index (χ0n) is 11.1. The van der Waals surface area contributed by atoms with Crippen molar-refractivity contribution in [3.8, 4) is 6.07 Å². The van der Waals surface area contributed by atoms with E-state index in [0.717, 1.165) is 0 Å². The van der Waals surface area contributed by atoms with Crippen molar-refractivity contribution >= 4 is 24.8 Å². The Morgan fingerprint density at radius 2 is 1.81 bits per heavy atom. The first kappa shape index (κ1) is 20.0. The molecule has 1 fully saturated rings. The molecule has 0 aromatic heterocycles. The van der Waals surface area contributed by atoms with Crippen LogP contribution < -0.4 is 5.32 Å². The van der Waals surface area contributed by atoms with Gasteiger partial charge in [0.15, 0.2) is 0 Å². The normalized spacial score (nSPS) is 17.0. The highest BCUT2D eigenvalue weighted by Gasteiger charge is 2.44. The molecule has 0 unspecified atom stereocenters. The molecule has 0 saturated carbocycles. The predicted octanol–water partition coefficient (Wildman–Crippen LogP) is 2.91. The summed E-state index contributed by atoms with van der Waals surface area (Å²) in [6.45, 7) is 1.79. The molecule has 1 N–H and O–H groups in total. The molecule has 3 nitrogen and oxygen atoms in total. The molecule has 0 spiro atoms.